The highest BCUT2D eigenvalue weighted by Crippen LogP contribution is 2.37. The van der Waals surface area contributed by atoms with Gasteiger partial charge in [0.2, 0.25) is 0 Å². The van der Waals surface area contributed by atoms with Crippen LogP contribution in [0, 0.1) is 11.7 Å². The molecular weight excluding hydrogens is 289 g/mol. The molecule has 1 aromatic carbocycles. The van der Waals surface area contributed by atoms with Crippen molar-refractivity contribution in [1.29, 1.82) is 0 Å². The van der Waals surface area contributed by atoms with Crippen LogP contribution < -0.4 is 0 Å². The van der Waals surface area contributed by atoms with Crippen molar-refractivity contribution in [2.45, 2.75) is 20.8 Å². The molecule has 1 aromatic rings. The first-order chi connectivity index (χ1) is 10.2. The van der Waals surface area contributed by atoms with E-state index in [-0.39, 0.29) is 35.8 Å². The molecule has 1 aliphatic heterocycles. The Morgan fingerprint density at radius 2 is 1.95 bits per heavy atom. The van der Waals surface area contributed by atoms with Crippen LogP contribution in [0.25, 0.3) is 5.76 Å². The van der Waals surface area contributed by atoms with E-state index in [1.165, 1.54) is 6.07 Å². The molecule has 2 rings (SSSR count). The van der Waals surface area contributed by atoms with Gasteiger partial charge in [-0.1, -0.05) is 13.8 Å². The van der Waals surface area contributed by atoms with E-state index in [0.717, 1.165) is 12.1 Å². The minimum atomic E-state index is -1.34. The molecule has 2 N–H and O–H groups in total. The number of quaternary nitrogens is 1. The van der Waals surface area contributed by atoms with Crippen LogP contribution in [0.4, 0.5) is 4.39 Å². The third kappa shape index (κ3) is 2.29. The predicted octanol–water partition coefficient (Wildman–Crippen LogP) is 2.78. The van der Waals surface area contributed by atoms with Gasteiger partial charge in [-0.05, 0) is 25.1 Å². The van der Waals surface area contributed by atoms with Gasteiger partial charge in [0.05, 0.1) is 18.7 Å². The Balaban J connectivity index is 2.82. The number of carbonyl (C=O) groups excluding carboxylic acids is 1. The van der Waals surface area contributed by atoms with Crippen LogP contribution in [-0.2, 0) is 4.79 Å². The number of nitrogens with zero attached hydrogens (tertiary/aromatic N) is 1. The standard InChI is InChI=1S/C16H18FNO4/c1-4-18(8-9(2)3)13(16(21)22)14(19)11-6-5-10(17)7-12(11)15(18)20/h5-7,9H,4,8H2,1-3H3,(H-,19,21,22)/p+1. The van der Waals surface area contributed by atoms with E-state index in [9.17, 15) is 24.2 Å². The maximum atomic E-state index is 13.5. The molecule has 0 saturated carbocycles. The second-order valence-corrected chi connectivity index (χ2v) is 5.86. The van der Waals surface area contributed by atoms with Crippen molar-refractivity contribution < 1.29 is 28.7 Å². The lowest BCUT2D eigenvalue weighted by Gasteiger charge is -2.38. The minimum absolute atomic E-state index is 0.0150. The van der Waals surface area contributed by atoms with E-state index in [0.29, 0.717) is 0 Å². The lowest BCUT2D eigenvalue weighted by molar-refractivity contribution is -0.808. The van der Waals surface area contributed by atoms with E-state index in [4.69, 9.17) is 0 Å². The largest absolute Gasteiger partial charge is 0.502 e. The zero-order chi connectivity index (χ0) is 16.7. The number of carbonyl (C=O) groups is 2. The third-order valence-corrected chi connectivity index (χ3v) is 3.93. The zero-order valence-corrected chi connectivity index (χ0v) is 12.8. The highest BCUT2D eigenvalue weighted by Gasteiger charge is 2.51. The number of likely N-dealkylation sites (N-methyl/N-ethyl adjacent to an activating group) is 1. The molecule has 118 valence electrons. The van der Waals surface area contributed by atoms with Crippen molar-refractivity contribution in [2.75, 3.05) is 13.1 Å². The molecule has 0 aromatic heterocycles. The van der Waals surface area contributed by atoms with Gasteiger partial charge in [0.15, 0.2) is 5.76 Å². The normalized spacial score (nSPS) is 21.2. The van der Waals surface area contributed by atoms with Crippen molar-refractivity contribution in [2.24, 2.45) is 5.92 Å². The molecule has 0 spiro atoms. The highest BCUT2D eigenvalue weighted by molar-refractivity contribution is 6.05. The van der Waals surface area contributed by atoms with E-state index in [1.54, 1.807) is 6.92 Å². The fraction of sp³-hybridized carbons (Fsp3) is 0.375. The Hall–Kier alpha value is -2.21. The summed E-state index contributed by atoms with van der Waals surface area (Å²) in [5, 5.41) is 19.9. The van der Waals surface area contributed by atoms with Gasteiger partial charge in [-0.3, -0.25) is 0 Å². The van der Waals surface area contributed by atoms with Crippen molar-refractivity contribution in [3.63, 3.8) is 0 Å². The lowest BCUT2D eigenvalue weighted by atomic mass is 9.94. The molecule has 1 amide bonds. The summed E-state index contributed by atoms with van der Waals surface area (Å²) in [4.78, 5) is 24.6. The number of fused-ring (bicyclic) bond motifs is 1. The average Bonchev–Trinajstić information content (AvgIpc) is 2.43. The smallest absolute Gasteiger partial charge is 0.395 e. The van der Waals surface area contributed by atoms with Gasteiger partial charge >= 0.3 is 11.9 Å². The summed E-state index contributed by atoms with van der Waals surface area (Å²) in [5.74, 6) is -2.90. The zero-order valence-electron chi connectivity index (χ0n) is 12.8. The molecule has 1 unspecified atom stereocenters. The summed E-state index contributed by atoms with van der Waals surface area (Å²) in [6, 6.07) is 3.38. The molecule has 0 bridgehead atoms. The summed E-state index contributed by atoms with van der Waals surface area (Å²) < 4.78 is 13.0. The number of rotatable bonds is 4. The van der Waals surface area contributed by atoms with Gasteiger partial charge in [-0.15, -0.1) is 0 Å². The molecule has 1 atom stereocenters. The first kappa shape index (κ1) is 16.2. The van der Waals surface area contributed by atoms with Crippen LogP contribution in [0.15, 0.2) is 23.9 Å². The van der Waals surface area contributed by atoms with E-state index in [1.807, 2.05) is 13.8 Å². The SMILES string of the molecule is CC[N+]1(CC(C)C)C(=O)c2cc(F)ccc2C(O)=C1C(=O)O. The molecule has 0 fully saturated rings. The molecule has 0 aliphatic carbocycles. The number of aliphatic hydroxyl groups excluding tert-OH is 1. The van der Waals surface area contributed by atoms with Crippen molar-refractivity contribution in [3.05, 3.63) is 40.8 Å². The predicted molar refractivity (Wildman–Crippen MR) is 78.4 cm³/mol. The Morgan fingerprint density at radius 1 is 1.32 bits per heavy atom. The van der Waals surface area contributed by atoms with Gasteiger partial charge in [-0.25, -0.2) is 18.5 Å². The van der Waals surface area contributed by atoms with Crippen molar-refractivity contribution in [3.8, 4) is 0 Å². The fourth-order valence-corrected chi connectivity index (χ4v) is 3.08. The number of aliphatic hydroxyl groups is 1. The van der Waals surface area contributed by atoms with E-state index >= 15 is 0 Å². The number of carboxylic acid groups (broad SMARTS) is 1. The Kier molecular flexibility index (Phi) is 4.06. The number of amides is 1. The van der Waals surface area contributed by atoms with E-state index in [2.05, 4.69) is 0 Å². The van der Waals surface area contributed by atoms with Crippen LogP contribution in [-0.4, -0.2) is 39.7 Å². The number of hydrogen-bond acceptors (Lipinski definition) is 3. The van der Waals surface area contributed by atoms with Crippen LogP contribution in [0.2, 0.25) is 0 Å². The molecule has 5 nitrogen and oxygen atoms in total. The topological polar surface area (TPSA) is 74.6 Å². The fourth-order valence-electron chi connectivity index (χ4n) is 3.08. The Labute approximate surface area is 127 Å². The number of halogens is 1. The summed E-state index contributed by atoms with van der Waals surface area (Å²) in [7, 11) is 0. The maximum Gasteiger partial charge on any atom is 0.395 e. The highest BCUT2D eigenvalue weighted by atomic mass is 19.1. The number of hydrogen-bond donors (Lipinski definition) is 2. The summed E-state index contributed by atoms with van der Waals surface area (Å²) in [5.41, 5.74) is -0.264. The van der Waals surface area contributed by atoms with Gasteiger partial charge < -0.3 is 10.2 Å². The van der Waals surface area contributed by atoms with Gasteiger partial charge in [-0.2, -0.15) is 0 Å². The molecule has 6 heteroatoms. The van der Waals surface area contributed by atoms with Gasteiger partial charge in [0, 0.05) is 11.5 Å². The van der Waals surface area contributed by atoms with Crippen LogP contribution in [0.3, 0.4) is 0 Å². The maximum absolute atomic E-state index is 13.5. The van der Waals surface area contributed by atoms with E-state index < -0.39 is 27.9 Å². The van der Waals surface area contributed by atoms with Gasteiger partial charge in [0.1, 0.15) is 5.82 Å². The summed E-state index contributed by atoms with van der Waals surface area (Å²) >= 11 is 0. The lowest BCUT2D eigenvalue weighted by Crippen LogP contribution is -2.57. The molecule has 0 radical (unpaired) electrons. The molecule has 1 heterocycles. The molecule has 22 heavy (non-hydrogen) atoms. The Morgan fingerprint density at radius 3 is 2.45 bits per heavy atom. The van der Waals surface area contributed by atoms with Gasteiger partial charge in [0.25, 0.3) is 5.70 Å². The average molecular weight is 308 g/mol. The molecule has 1 aliphatic rings. The monoisotopic (exact) mass is 308 g/mol. The van der Waals surface area contributed by atoms with Crippen molar-refractivity contribution in [1.82, 2.24) is 0 Å². The second kappa shape index (κ2) is 5.53. The van der Waals surface area contributed by atoms with Crippen LogP contribution >= 0.6 is 0 Å². The summed E-state index contributed by atoms with van der Waals surface area (Å²) in [6.45, 7) is 5.79. The number of carboxylic acids is 1. The quantitative estimate of drug-likeness (QED) is 0.839. The van der Waals surface area contributed by atoms with Crippen LogP contribution in [0.1, 0.15) is 36.7 Å². The number of aliphatic carboxylic acids is 1. The second-order valence-electron chi connectivity index (χ2n) is 5.86. The first-order valence-corrected chi connectivity index (χ1v) is 7.13. The Bertz CT molecular complexity index is 681. The number of benzene rings is 1. The third-order valence-electron chi connectivity index (χ3n) is 3.93. The van der Waals surface area contributed by atoms with Crippen LogP contribution in [0.5, 0.6) is 0 Å². The van der Waals surface area contributed by atoms with Crippen molar-refractivity contribution >= 4 is 17.6 Å². The molecule has 0 saturated heterocycles. The minimum Gasteiger partial charge on any atom is -0.502 e. The summed E-state index contributed by atoms with van der Waals surface area (Å²) in [6.07, 6.45) is 0. The molecular formula is C16H19FNO4+. The first-order valence-electron chi connectivity index (χ1n) is 7.13.